The first kappa shape index (κ1) is 83.5. The Morgan fingerprint density at radius 3 is 0.805 bits per heavy atom. The molecule has 0 radical (unpaired) electrons. The molecule has 0 aliphatic heterocycles. The first-order valence-electron chi connectivity index (χ1n) is 50.8. The Hall–Kier alpha value is -20.1. The maximum atomic E-state index is 5.21. The Kier molecular flexibility index (Phi) is 18.5. The molecule has 0 unspecified atom stereocenters. The van der Waals surface area contributed by atoms with Crippen LogP contribution in [0.1, 0.15) is 5.69 Å². The number of pyridine rings is 2. The third-order valence-corrected chi connectivity index (χ3v) is 30.8. The largest absolute Gasteiger partial charge is 0.309 e. The Balaban J connectivity index is 0.000000102. The predicted octanol–water partition coefficient (Wildman–Crippen LogP) is 35.0. The van der Waals surface area contributed by atoms with Gasteiger partial charge in [-0.2, -0.15) is 0 Å². The third kappa shape index (κ3) is 13.0. The zero-order valence-corrected chi connectivity index (χ0v) is 80.6. The average molecular weight is 1900 g/mol. The van der Waals surface area contributed by atoms with Gasteiger partial charge in [-0.1, -0.05) is 315 Å². The van der Waals surface area contributed by atoms with Gasteiger partial charge in [0.2, 0.25) is 5.95 Å². The van der Waals surface area contributed by atoms with Crippen molar-refractivity contribution in [2.75, 3.05) is 0 Å². The van der Waals surface area contributed by atoms with Crippen molar-refractivity contribution >= 4 is 191 Å². The Bertz CT molecular complexity index is 10900. The number of hydrogen-bond donors (Lipinski definition) is 0. The molecule has 0 saturated heterocycles. The van der Waals surface area contributed by atoms with E-state index in [-0.39, 0.29) is 0 Å². The summed E-state index contributed by atoms with van der Waals surface area (Å²) in [5.41, 5.74) is 38.2. The summed E-state index contributed by atoms with van der Waals surface area (Å²) in [4.78, 5) is 30.0. The van der Waals surface area contributed by atoms with Crippen molar-refractivity contribution in [3.8, 4) is 107 Å². The molecule has 33 rings (SSSR count). The lowest BCUT2D eigenvalue weighted by Gasteiger charge is -2.12. The molecule has 20 aromatic carbocycles. The maximum Gasteiger partial charge on any atom is 0.235 e. The molecular formula is C137H84N12. The molecule has 12 nitrogen and oxygen atoms in total. The molecule has 13 heterocycles. The summed E-state index contributed by atoms with van der Waals surface area (Å²) >= 11 is 0. The average Bonchev–Trinajstić information content (AvgIpc) is 1.54. The van der Waals surface area contributed by atoms with Crippen molar-refractivity contribution < 1.29 is 0 Å². The number of hydrogen-bond acceptors (Lipinski definition) is 6. The van der Waals surface area contributed by atoms with E-state index >= 15 is 0 Å². The highest BCUT2D eigenvalue weighted by Crippen LogP contribution is 2.50. The van der Waals surface area contributed by atoms with E-state index in [2.05, 4.69) is 487 Å². The molecule has 12 heteroatoms. The molecular weight excluding hydrogens is 1810 g/mol. The number of para-hydroxylation sites is 9. The van der Waals surface area contributed by atoms with Crippen molar-refractivity contribution in [1.29, 1.82) is 0 Å². The van der Waals surface area contributed by atoms with Gasteiger partial charge in [-0.25, -0.2) is 29.9 Å². The summed E-state index contributed by atoms with van der Waals surface area (Å²) < 4.78 is 14.3. The van der Waals surface area contributed by atoms with E-state index in [0.29, 0.717) is 11.8 Å². The molecule has 0 aliphatic rings. The highest BCUT2D eigenvalue weighted by atomic mass is 15.2. The van der Waals surface area contributed by atoms with E-state index < -0.39 is 0 Å². The molecule has 692 valence electrons. The molecule has 0 fully saturated rings. The summed E-state index contributed by atoms with van der Waals surface area (Å²) in [6.07, 6.45) is 1.81. The van der Waals surface area contributed by atoms with Gasteiger partial charge >= 0.3 is 0 Å². The Labute approximate surface area is 852 Å². The van der Waals surface area contributed by atoms with E-state index in [1.165, 1.54) is 191 Å². The van der Waals surface area contributed by atoms with Crippen molar-refractivity contribution in [2.45, 2.75) is 6.92 Å². The Morgan fingerprint density at radius 1 is 0.168 bits per heavy atom. The van der Waals surface area contributed by atoms with Crippen molar-refractivity contribution in [2.24, 2.45) is 0 Å². The van der Waals surface area contributed by atoms with Crippen LogP contribution in [0, 0.1) is 6.92 Å². The van der Waals surface area contributed by atoms with Gasteiger partial charge in [-0.15, -0.1) is 0 Å². The van der Waals surface area contributed by atoms with Gasteiger partial charge in [-0.05, 0) is 210 Å². The van der Waals surface area contributed by atoms with Crippen LogP contribution >= 0.6 is 0 Å². The summed E-state index contributed by atoms with van der Waals surface area (Å²) in [6, 6.07) is 174. The number of aryl methyl sites for hydroxylation is 1. The predicted molar refractivity (Wildman–Crippen MR) is 619 cm³/mol. The number of fused-ring (bicyclic) bond motifs is 28. The number of aromatic nitrogens is 12. The second-order valence-corrected chi connectivity index (χ2v) is 39.2. The minimum atomic E-state index is 0.656. The maximum absolute atomic E-state index is 5.21. The number of rotatable bonds is 11. The first-order chi connectivity index (χ1) is 73.8. The van der Waals surface area contributed by atoms with Crippen LogP contribution in [0.15, 0.2) is 492 Å². The van der Waals surface area contributed by atoms with Crippen LogP contribution in [0.25, 0.3) is 298 Å². The Morgan fingerprint density at radius 2 is 0.443 bits per heavy atom. The summed E-state index contributed by atoms with van der Waals surface area (Å²) in [5.74, 6) is 1.35. The zero-order chi connectivity index (χ0) is 97.7. The lowest BCUT2D eigenvalue weighted by Crippen LogP contribution is -2.03. The standard InChI is InChI=1S/C52H32N4.C46H28N4.C39H24N4/c1-3-14-33(15-4-1)45-32-46(34-16-5-2-6-17-34)54-52(53-45)36-18-13-19-38(28-36)55-47-23-10-7-20-39(47)42-29-35(26-27-50(42)55)37-30-43-40-21-8-11-24-48(40)56-49-25-12-9-22-41(49)44(31-37)51(43)56;1-3-13-29(14-4-1)39-28-40(30-15-5-2-6-16-30)48-46(47-39)50-43-22-12-7-17-33(43)36-25-31(23-24-44(36)50)32-26-37-34-18-8-10-20-41(34)49-42-21-11-9-19-35(42)38(27-32)45(37)49;1-23-19-37(29-12-8-18-40-39(29)41-23)42-33-13-5-2-9-26(33)30-20-24(16-17-36(30)42)25-21-31-27-10-3-6-14-34(27)43-35-15-7-4-11-28(35)32(22-25)38(31)43/h1-32H;1-28H;2-22H,1H3. The molecule has 0 amide bonds. The fourth-order valence-electron chi connectivity index (χ4n) is 24.3. The summed E-state index contributed by atoms with van der Waals surface area (Å²) in [7, 11) is 0. The monoisotopic (exact) mass is 1900 g/mol. The van der Waals surface area contributed by atoms with Crippen molar-refractivity contribution in [1.82, 2.24) is 56.8 Å². The van der Waals surface area contributed by atoms with Crippen LogP contribution in [-0.4, -0.2) is 56.8 Å². The van der Waals surface area contributed by atoms with Crippen LogP contribution in [0.4, 0.5) is 0 Å². The number of benzene rings is 20. The normalized spacial score (nSPS) is 12.1. The summed E-state index contributed by atoms with van der Waals surface area (Å²) in [6.45, 7) is 2.04. The summed E-state index contributed by atoms with van der Waals surface area (Å²) in [5, 5.41) is 23.8. The lowest BCUT2D eigenvalue weighted by molar-refractivity contribution is 0.995. The van der Waals surface area contributed by atoms with Gasteiger partial charge in [0.25, 0.3) is 0 Å². The molecule has 0 N–H and O–H groups in total. The van der Waals surface area contributed by atoms with E-state index in [0.717, 1.165) is 101 Å². The van der Waals surface area contributed by atoms with Crippen LogP contribution < -0.4 is 0 Å². The van der Waals surface area contributed by atoms with Crippen molar-refractivity contribution in [3.63, 3.8) is 0 Å². The van der Waals surface area contributed by atoms with Crippen LogP contribution in [0.2, 0.25) is 0 Å². The fraction of sp³-hybridized carbons (Fsp3) is 0.00730. The number of nitrogens with zero attached hydrogens (tertiary/aromatic N) is 12. The molecule has 149 heavy (non-hydrogen) atoms. The SMILES string of the molecule is Cc1cc(-n2c3ccccc3c3cc(-c4cc5c6ccccc6n6c7ccccc7c(c4)c56)ccc32)c2cccnc2n1.c1ccc(-c2cc(-c3ccccc3)nc(-c3cccc(-n4c5ccccc5c5cc(-c6cc7c8ccccc8n8c9ccccc9c(c6)c78)ccc54)c3)n2)cc1.c1ccc(-c2cc(-c3ccccc3)nc(-n3c4ccccc4c4cc(-c5cc6c7ccccc7n7c8ccccc8c(c5)c67)ccc43)n2)cc1. The highest BCUT2D eigenvalue weighted by molar-refractivity contribution is 6.29. The van der Waals surface area contributed by atoms with Gasteiger partial charge in [0, 0.05) is 148 Å². The molecule has 13 aromatic heterocycles. The van der Waals surface area contributed by atoms with Gasteiger partial charge in [0.05, 0.1) is 111 Å². The van der Waals surface area contributed by atoms with E-state index in [9.17, 15) is 0 Å². The smallest absolute Gasteiger partial charge is 0.235 e. The van der Waals surface area contributed by atoms with Gasteiger partial charge in [-0.3, -0.25) is 4.57 Å². The minimum absolute atomic E-state index is 0.656. The van der Waals surface area contributed by atoms with Gasteiger partial charge in [0.15, 0.2) is 11.5 Å². The van der Waals surface area contributed by atoms with Gasteiger partial charge in [0.1, 0.15) is 0 Å². The second-order valence-electron chi connectivity index (χ2n) is 39.2. The van der Waals surface area contributed by atoms with E-state index in [1.54, 1.807) is 0 Å². The molecule has 0 saturated carbocycles. The highest BCUT2D eigenvalue weighted by Gasteiger charge is 2.28. The van der Waals surface area contributed by atoms with Crippen LogP contribution in [-0.2, 0) is 0 Å². The molecule has 0 bridgehead atoms. The molecule has 33 aromatic rings. The third-order valence-electron chi connectivity index (χ3n) is 30.8. The first-order valence-corrected chi connectivity index (χ1v) is 50.8. The quantitative estimate of drug-likeness (QED) is 0.128. The van der Waals surface area contributed by atoms with Gasteiger partial charge < -0.3 is 22.3 Å². The molecule has 0 aliphatic carbocycles. The van der Waals surface area contributed by atoms with Crippen LogP contribution in [0.3, 0.4) is 0 Å². The van der Waals surface area contributed by atoms with Crippen LogP contribution in [0.5, 0.6) is 0 Å². The lowest BCUT2D eigenvalue weighted by atomic mass is 9.98. The topological polar surface area (TPSA) is 105 Å². The van der Waals surface area contributed by atoms with Crippen molar-refractivity contribution in [3.05, 3.63) is 497 Å². The second kappa shape index (κ2) is 33.0. The zero-order valence-electron chi connectivity index (χ0n) is 80.6. The fourth-order valence-corrected chi connectivity index (χ4v) is 24.3. The van der Waals surface area contributed by atoms with E-state index in [4.69, 9.17) is 24.9 Å². The minimum Gasteiger partial charge on any atom is -0.309 e. The molecule has 0 spiro atoms. The van der Waals surface area contributed by atoms with E-state index in [1.807, 2.05) is 43.5 Å². The molecule has 0 atom stereocenters.